The first-order chi connectivity index (χ1) is 18.5. The summed E-state index contributed by atoms with van der Waals surface area (Å²) >= 11 is 6.27. The van der Waals surface area contributed by atoms with Gasteiger partial charge >= 0.3 is 0 Å². The van der Waals surface area contributed by atoms with Gasteiger partial charge in [-0.05, 0) is 69.0 Å². The quantitative estimate of drug-likeness (QED) is 0.327. The van der Waals surface area contributed by atoms with Gasteiger partial charge in [0, 0.05) is 18.1 Å². The number of benzene rings is 3. The van der Waals surface area contributed by atoms with Gasteiger partial charge in [-0.3, -0.25) is 13.9 Å². The average Bonchev–Trinajstić information content (AvgIpc) is 2.92. The molecule has 0 aliphatic rings. The molecule has 0 aliphatic carbocycles. The molecule has 208 valence electrons. The van der Waals surface area contributed by atoms with Crippen molar-refractivity contribution >= 4 is 39.1 Å². The minimum Gasteiger partial charge on any atom is -0.354 e. The molecular weight excluding hydrogens is 534 g/mol. The first-order valence-electron chi connectivity index (χ1n) is 13.0. The van der Waals surface area contributed by atoms with E-state index in [2.05, 4.69) is 5.32 Å². The van der Waals surface area contributed by atoms with E-state index in [4.69, 9.17) is 11.6 Å². The zero-order chi connectivity index (χ0) is 28.6. The Morgan fingerprint density at radius 3 is 2.28 bits per heavy atom. The van der Waals surface area contributed by atoms with E-state index < -0.39 is 28.5 Å². The number of nitrogens with zero attached hydrogens (tertiary/aromatic N) is 2. The Balaban J connectivity index is 2.01. The summed E-state index contributed by atoms with van der Waals surface area (Å²) in [6.07, 6.45) is 1.27. The fraction of sp³-hybridized carbons (Fsp3) is 0.333. The molecule has 0 bridgehead atoms. The van der Waals surface area contributed by atoms with Gasteiger partial charge in [0.2, 0.25) is 11.8 Å². The van der Waals surface area contributed by atoms with Gasteiger partial charge in [-0.25, -0.2) is 8.42 Å². The van der Waals surface area contributed by atoms with Crippen LogP contribution in [-0.4, -0.2) is 50.8 Å². The van der Waals surface area contributed by atoms with Crippen molar-refractivity contribution in [3.05, 3.63) is 94.5 Å². The number of carbonyl (C=O) groups excluding carboxylic acids is 2. The highest BCUT2D eigenvalue weighted by Crippen LogP contribution is 2.30. The first-order valence-corrected chi connectivity index (χ1v) is 14.8. The van der Waals surface area contributed by atoms with Crippen molar-refractivity contribution < 1.29 is 18.0 Å². The van der Waals surface area contributed by atoms with Crippen LogP contribution < -0.4 is 9.62 Å². The van der Waals surface area contributed by atoms with Gasteiger partial charge in [-0.1, -0.05) is 72.6 Å². The number of halogens is 1. The predicted octanol–water partition coefficient (Wildman–Crippen LogP) is 5.14. The van der Waals surface area contributed by atoms with E-state index in [-0.39, 0.29) is 17.3 Å². The smallest absolute Gasteiger partial charge is 0.264 e. The number of rotatable bonds is 12. The largest absolute Gasteiger partial charge is 0.354 e. The lowest BCUT2D eigenvalue weighted by Crippen LogP contribution is -2.52. The molecule has 0 aliphatic heterocycles. The zero-order valence-corrected chi connectivity index (χ0v) is 24.4. The predicted molar refractivity (Wildman–Crippen MR) is 157 cm³/mol. The Hall–Kier alpha value is -3.36. The fourth-order valence-electron chi connectivity index (χ4n) is 4.17. The zero-order valence-electron chi connectivity index (χ0n) is 22.9. The lowest BCUT2D eigenvalue weighted by Gasteiger charge is -2.32. The number of hydrogen-bond acceptors (Lipinski definition) is 4. The standard InChI is InChI=1S/C30H36ClN3O4S/c1-5-18-32-30(36)24(4)33(19-17-25-9-7-6-8-10-25)29(35)21-34(28-20-26(31)14-13-23(28)3)39(37,38)27-15-11-22(2)12-16-27/h6-16,20,24H,5,17-19,21H2,1-4H3,(H,32,36). The summed E-state index contributed by atoms with van der Waals surface area (Å²) < 4.78 is 28.9. The van der Waals surface area contributed by atoms with E-state index in [1.54, 1.807) is 44.2 Å². The van der Waals surface area contributed by atoms with Gasteiger partial charge in [-0.15, -0.1) is 0 Å². The summed E-state index contributed by atoms with van der Waals surface area (Å²) in [6.45, 7) is 7.49. The van der Waals surface area contributed by atoms with Gasteiger partial charge in [0.05, 0.1) is 10.6 Å². The normalized spacial score (nSPS) is 12.0. The van der Waals surface area contributed by atoms with Crippen molar-refractivity contribution in [1.29, 1.82) is 0 Å². The minimum absolute atomic E-state index is 0.0600. The van der Waals surface area contributed by atoms with Crippen LogP contribution in [0.5, 0.6) is 0 Å². The second kappa shape index (κ2) is 13.6. The maximum absolute atomic E-state index is 13.9. The highest BCUT2D eigenvalue weighted by Gasteiger charge is 2.33. The van der Waals surface area contributed by atoms with Crippen molar-refractivity contribution in [3.63, 3.8) is 0 Å². The molecule has 0 heterocycles. The molecule has 0 saturated heterocycles. The summed E-state index contributed by atoms with van der Waals surface area (Å²) in [4.78, 5) is 28.3. The van der Waals surface area contributed by atoms with Crippen LogP contribution in [0.1, 0.15) is 37.0 Å². The fourth-order valence-corrected chi connectivity index (χ4v) is 5.80. The van der Waals surface area contributed by atoms with E-state index in [0.29, 0.717) is 29.2 Å². The van der Waals surface area contributed by atoms with E-state index in [9.17, 15) is 18.0 Å². The molecule has 0 radical (unpaired) electrons. The number of hydrogen-bond donors (Lipinski definition) is 1. The highest BCUT2D eigenvalue weighted by atomic mass is 35.5. The molecule has 9 heteroatoms. The lowest BCUT2D eigenvalue weighted by molar-refractivity contribution is -0.138. The molecule has 0 spiro atoms. The Kier molecular flexibility index (Phi) is 10.5. The van der Waals surface area contributed by atoms with Crippen molar-refractivity contribution in [2.24, 2.45) is 0 Å². The van der Waals surface area contributed by atoms with Crippen LogP contribution in [0.15, 0.2) is 77.7 Å². The van der Waals surface area contributed by atoms with Crippen molar-refractivity contribution in [1.82, 2.24) is 10.2 Å². The molecule has 7 nitrogen and oxygen atoms in total. The summed E-state index contributed by atoms with van der Waals surface area (Å²) in [6, 6.07) is 20.3. The lowest BCUT2D eigenvalue weighted by atomic mass is 10.1. The number of carbonyl (C=O) groups is 2. The van der Waals surface area contributed by atoms with Crippen LogP contribution in [0.2, 0.25) is 5.02 Å². The molecule has 1 unspecified atom stereocenters. The molecule has 3 aromatic rings. The third-order valence-corrected chi connectivity index (χ3v) is 8.54. The second-order valence-corrected chi connectivity index (χ2v) is 11.8. The topological polar surface area (TPSA) is 86.8 Å². The summed E-state index contributed by atoms with van der Waals surface area (Å²) in [5.41, 5.74) is 2.87. The van der Waals surface area contributed by atoms with Crippen LogP contribution in [0.4, 0.5) is 5.69 Å². The van der Waals surface area contributed by atoms with E-state index >= 15 is 0 Å². The van der Waals surface area contributed by atoms with Crippen LogP contribution in [0, 0.1) is 13.8 Å². The summed E-state index contributed by atoms with van der Waals surface area (Å²) in [5, 5.41) is 3.19. The SMILES string of the molecule is CCCNC(=O)C(C)N(CCc1ccccc1)C(=O)CN(c1cc(Cl)ccc1C)S(=O)(=O)c1ccc(C)cc1. The summed E-state index contributed by atoms with van der Waals surface area (Å²) in [5.74, 6) is -0.773. The second-order valence-electron chi connectivity index (χ2n) is 9.55. The van der Waals surface area contributed by atoms with Crippen LogP contribution >= 0.6 is 11.6 Å². The van der Waals surface area contributed by atoms with Gasteiger partial charge < -0.3 is 10.2 Å². The van der Waals surface area contributed by atoms with Crippen molar-refractivity contribution in [3.8, 4) is 0 Å². The third kappa shape index (κ3) is 7.83. The molecule has 1 N–H and O–H groups in total. The Labute approximate surface area is 236 Å². The molecule has 3 aromatic carbocycles. The Bertz CT molecular complexity index is 1380. The molecule has 1 atom stereocenters. The maximum atomic E-state index is 13.9. The van der Waals surface area contributed by atoms with Crippen LogP contribution in [-0.2, 0) is 26.0 Å². The van der Waals surface area contributed by atoms with Gasteiger partial charge in [0.15, 0.2) is 0 Å². The molecule has 39 heavy (non-hydrogen) atoms. The Morgan fingerprint density at radius 1 is 0.974 bits per heavy atom. The number of aryl methyl sites for hydroxylation is 2. The van der Waals surface area contributed by atoms with E-state index in [0.717, 1.165) is 21.9 Å². The number of anilines is 1. The number of sulfonamides is 1. The molecule has 0 saturated carbocycles. The van der Waals surface area contributed by atoms with Crippen LogP contribution in [0.3, 0.4) is 0 Å². The third-order valence-electron chi connectivity index (χ3n) is 6.53. The van der Waals surface area contributed by atoms with Gasteiger partial charge in [0.1, 0.15) is 12.6 Å². The molecular formula is C30H36ClN3O4S. The number of nitrogens with one attached hydrogen (secondary N) is 1. The average molecular weight is 570 g/mol. The molecule has 2 amide bonds. The summed E-state index contributed by atoms with van der Waals surface area (Å²) in [7, 11) is -4.14. The van der Waals surface area contributed by atoms with Gasteiger partial charge in [-0.2, -0.15) is 0 Å². The first kappa shape index (κ1) is 30.2. The minimum atomic E-state index is -4.14. The van der Waals surface area contributed by atoms with Crippen molar-refractivity contribution in [2.75, 3.05) is 23.9 Å². The van der Waals surface area contributed by atoms with Crippen molar-refractivity contribution in [2.45, 2.75) is 51.5 Å². The maximum Gasteiger partial charge on any atom is 0.264 e. The van der Waals surface area contributed by atoms with Crippen LogP contribution in [0.25, 0.3) is 0 Å². The number of amides is 2. The van der Waals surface area contributed by atoms with Gasteiger partial charge in [0.25, 0.3) is 10.0 Å². The highest BCUT2D eigenvalue weighted by molar-refractivity contribution is 7.92. The monoisotopic (exact) mass is 569 g/mol. The molecule has 0 aromatic heterocycles. The molecule has 3 rings (SSSR count). The van der Waals surface area contributed by atoms with E-state index in [1.807, 2.05) is 44.2 Å². The molecule has 0 fully saturated rings. The Morgan fingerprint density at radius 2 is 1.64 bits per heavy atom. The van der Waals surface area contributed by atoms with E-state index in [1.165, 1.54) is 17.0 Å².